The molecule has 0 aromatic carbocycles. The van der Waals surface area contributed by atoms with Gasteiger partial charge >= 0.3 is 0 Å². The summed E-state index contributed by atoms with van der Waals surface area (Å²) in [6.07, 6.45) is 6.02. The maximum atomic E-state index is 4.15. The Morgan fingerprint density at radius 1 is 1.70 bits per heavy atom. The van der Waals surface area contributed by atoms with Crippen LogP contribution in [0.5, 0.6) is 0 Å². The van der Waals surface area contributed by atoms with E-state index in [-0.39, 0.29) is 0 Å². The SMILES string of the molecule is CC[C@H](C)Cc1c[nH]cn1. The van der Waals surface area contributed by atoms with Gasteiger partial charge in [-0.1, -0.05) is 20.3 Å². The molecule has 0 fully saturated rings. The summed E-state index contributed by atoms with van der Waals surface area (Å²) < 4.78 is 0. The number of hydrogen-bond donors (Lipinski definition) is 1. The molecule has 0 aliphatic carbocycles. The fourth-order valence-electron chi connectivity index (χ4n) is 0.904. The highest BCUT2D eigenvalue weighted by molar-refractivity contribution is 4.94. The molecule has 10 heavy (non-hydrogen) atoms. The maximum Gasteiger partial charge on any atom is 0.0923 e. The van der Waals surface area contributed by atoms with Gasteiger partial charge in [0.05, 0.1) is 12.0 Å². The molecule has 1 aromatic rings. The molecule has 0 aliphatic rings. The first-order valence-corrected chi connectivity index (χ1v) is 3.80. The van der Waals surface area contributed by atoms with Crippen LogP contribution in [-0.4, -0.2) is 9.97 Å². The van der Waals surface area contributed by atoms with Crippen molar-refractivity contribution in [3.8, 4) is 0 Å². The number of aromatic amines is 1. The Hall–Kier alpha value is -0.790. The van der Waals surface area contributed by atoms with Gasteiger partial charge in [0.25, 0.3) is 0 Å². The molecule has 1 atom stereocenters. The van der Waals surface area contributed by atoms with Crippen molar-refractivity contribution < 1.29 is 0 Å². The van der Waals surface area contributed by atoms with Crippen LogP contribution in [0.1, 0.15) is 26.0 Å². The molecule has 0 saturated carbocycles. The molecule has 0 unspecified atom stereocenters. The van der Waals surface area contributed by atoms with Gasteiger partial charge in [0.15, 0.2) is 0 Å². The molecule has 1 aromatic heterocycles. The first-order chi connectivity index (χ1) is 4.83. The zero-order valence-electron chi connectivity index (χ0n) is 6.59. The summed E-state index contributed by atoms with van der Waals surface area (Å²) in [4.78, 5) is 7.10. The van der Waals surface area contributed by atoms with Gasteiger partial charge in [0.1, 0.15) is 0 Å². The van der Waals surface area contributed by atoms with Crippen LogP contribution < -0.4 is 0 Å². The van der Waals surface area contributed by atoms with Crippen LogP contribution in [-0.2, 0) is 6.42 Å². The number of imidazole rings is 1. The average Bonchev–Trinajstić information content (AvgIpc) is 2.40. The molecule has 0 amide bonds. The van der Waals surface area contributed by atoms with E-state index in [0.717, 1.165) is 12.3 Å². The molecule has 0 spiro atoms. The van der Waals surface area contributed by atoms with Crippen LogP contribution in [0.25, 0.3) is 0 Å². The maximum absolute atomic E-state index is 4.15. The second-order valence-corrected chi connectivity index (χ2v) is 2.78. The first-order valence-electron chi connectivity index (χ1n) is 3.80. The van der Waals surface area contributed by atoms with E-state index in [1.54, 1.807) is 6.33 Å². The largest absolute Gasteiger partial charge is 0.351 e. The minimum absolute atomic E-state index is 0.753. The Labute approximate surface area is 61.7 Å². The summed E-state index contributed by atoms with van der Waals surface area (Å²) in [5, 5.41) is 0. The number of rotatable bonds is 3. The lowest BCUT2D eigenvalue weighted by molar-refractivity contribution is 0.554. The molecular weight excluding hydrogens is 124 g/mol. The molecule has 0 aliphatic heterocycles. The normalized spacial score (nSPS) is 13.4. The van der Waals surface area contributed by atoms with Crippen LogP contribution in [0.4, 0.5) is 0 Å². The van der Waals surface area contributed by atoms with Gasteiger partial charge in [-0.15, -0.1) is 0 Å². The molecule has 1 rings (SSSR count). The summed E-state index contributed by atoms with van der Waals surface area (Å²) in [5.41, 5.74) is 1.18. The highest BCUT2D eigenvalue weighted by Gasteiger charge is 2.00. The molecule has 0 radical (unpaired) electrons. The molecule has 0 bridgehead atoms. The van der Waals surface area contributed by atoms with Crippen LogP contribution in [0.3, 0.4) is 0 Å². The predicted octanol–water partition coefficient (Wildman–Crippen LogP) is 2.00. The summed E-state index contributed by atoms with van der Waals surface area (Å²) >= 11 is 0. The van der Waals surface area contributed by atoms with Crippen LogP contribution in [0.15, 0.2) is 12.5 Å². The Kier molecular flexibility index (Phi) is 2.49. The summed E-state index contributed by atoms with van der Waals surface area (Å²) in [6.45, 7) is 4.45. The van der Waals surface area contributed by atoms with E-state index in [1.807, 2.05) is 6.20 Å². The van der Waals surface area contributed by atoms with Crippen molar-refractivity contribution in [3.05, 3.63) is 18.2 Å². The standard InChI is InChI=1S/C8H14N2/c1-3-7(2)4-8-5-9-6-10-8/h5-7H,3-4H2,1-2H3,(H,9,10)/t7-/m0/s1. The molecule has 0 saturated heterocycles. The van der Waals surface area contributed by atoms with Gasteiger partial charge in [0, 0.05) is 6.20 Å². The smallest absolute Gasteiger partial charge is 0.0923 e. The third-order valence-corrected chi connectivity index (χ3v) is 1.81. The molecule has 2 heteroatoms. The van der Waals surface area contributed by atoms with Crippen molar-refractivity contribution in [1.82, 2.24) is 9.97 Å². The third kappa shape index (κ3) is 1.87. The Bertz CT molecular complexity index is 167. The van der Waals surface area contributed by atoms with E-state index >= 15 is 0 Å². The number of nitrogens with one attached hydrogen (secondary N) is 1. The van der Waals surface area contributed by atoms with E-state index in [9.17, 15) is 0 Å². The number of nitrogens with zero attached hydrogens (tertiary/aromatic N) is 1. The highest BCUT2D eigenvalue weighted by Crippen LogP contribution is 2.07. The van der Waals surface area contributed by atoms with Crippen LogP contribution >= 0.6 is 0 Å². The van der Waals surface area contributed by atoms with Crippen molar-refractivity contribution in [3.63, 3.8) is 0 Å². The molecule has 2 nitrogen and oxygen atoms in total. The Morgan fingerprint density at radius 2 is 2.50 bits per heavy atom. The quantitative estimate of drug-likeness (QED) is 0.680. The van der Waals surface area contributed by atoms with Gasteiger partial charge < -0.3 is 4.98 Å². The van der Waals surface area contributed by atoms with E-state index in [1.165, 1.54) is 12.1 Å². The lowest BCUT2D eigenvalue weighted by atomic mass is 10.0. The van der Waals surface area contributed by atoms with Crippen molar-refractivity contribution in [2.75, 3.05) is 0 Å². The van der Waals surface area contributed by atoms with Crippen LogP contribution in [0, 0.1) is 5.92 Å². The zero-order valence-corrected chi connectivity index (χ0v) is 6.59. The molecule has 56 valence electrons. The lowest BCUT2D eigenvalue weighted by Gasteiger charge is -2.03. The topological polar surface area (TPSA) is 28.7 Å². The van der Waals surface area contributed by atoms with E-state index in [4.69, 9.17) is 0 Å². The van der Waals surface area contributed by atoms with Gasteiger partial charge in [-0.05, 0) is 12.3 Å². The fourth-order valence-corrected chi connectivity index (χ4v) is 0.904. The Morgan fingerprint density at radius 3 is 3.00 bits per heavy atom. The second-order valence-electron chi connectivity index (χ2n) is 2.78. The van der Waals surface area contributed by atoms with Gasteiger partial charge in [0.2, 0.25) is 0 Å². The fraction of sp³-hybridized carbons (Fsp3) is 0.625. The Balaban J connectivity index is 2.40. The number of H-pyrrole nitrogens is 1. The average molecular weight is 138 g/mol. The zero-order chi connectivity index (χ0) is 7.40. The second kappa shape index (κ2) is 3.40. The van der Waals surface area contributed by atoms with E-state index in [2.05, 4.69) is 23.8 Å². The number of hydrogen-bond acceptors (Lipinski definition) is 1. The molecular formula is C8H14N2. The van der Waals surface area contributed by atoms with Gasteiger partial charge in [-0.2, -0.15) is 0 Å². The van der Waals surface area contributed by atoms with Crippen molar-refractivity contribution >= 4 is 0 Å². The predicted molar refractivity (Wildman–Crippen MR) is 41.7 cm³/mol. The van der Waals surface area contributed by atoms with Gasteiger partial charge in [-0.3, -0.25) is 0 Å². The van der Waals surface area contributed by atoms with Gasteiger partial charge in [-0.25, -0.2) is 4.98 Å². The molecule has 1 heterocycles. The van der Waals surface area contributed by atoms with E-state index in [0.29, 0.717) is 0 Å². The van der Waals surface area contributed by atoms with Crippen molar-refractivity contribution in [1.29, 1.82) is 0 Å². The van der Waals surface area contributed by atoms with Crippen molar-refractivity contribution in [2.24, 2.45) is 5.92 Å². The van der Waals surface area contributed by atoms with E-state index < -0.39 is 0 Å². The van der Waals surface area contributed by atoms with Crippen LogP contribution in [0.2, 0.25) is 0 Å². The highest BCUT2D eigenvalue weighted by atomic mass is 14.9. The summed E-state index contributed by atoms with van der Waals surface area (Å²) in [6, 6.07) is 0. The monoisotopic (exact) mass is 138 g/mol. The minimum atomic E-state index is 0.753. The number of aromatic nitrogens is 2. The molecule has 1 N–H and O–H groups in total. The first kappa shape index (κ1) is 7.32. The van der Waals surface area contributed by atoms with Crippen molar-refractivity contribution in [2.45, 2.75) is 26.7 Å². The summed E-state index contributed by atoms with van der Waals surface area (Å²) in [7, 11) is 0. The lowest BCUT2D eigenvalue weighted by Crippen LogP contribution is -1.97. The third-order valence-electron chi connectivity index (χ3n) is 1.81. The minimum Gasteiger partial charge on any atom is -0.351 e. The summed E-state index contributed by atoms with van der Waals surface area (Å²) in [5.74, 6) is 0.753.